The van der Waals surface area contributed by atoms with E-state index in [4.69, 9.17) is 0 Å². The van der Waals surface area contributed by atoms with Gasteiger partial charge in [-0.3, -0.25) is 9.59 Å². The van der Waals surface area contributed by atoms with Gasteiger partial charge in [0.25, 0.3) is 11.8 Å². The van der Waals surface area contributed by atoms with Gasteiger partial charge in [0.2, 0.25) is 0 Å². The monoisotopic (exact) mass is 367 g/mol. The summed E-state index contributed by atoms with van der Waals surface area (Å²) in [5, 5.41) is 0. The fourth-order valence-electron chi connectivity index (χ4n) is 2.27. The van der Waals surface area contributed by atoms with Crippen molar-refractivity contribution in [3.8, 4) is 5.75 Å². The average Bonchev–Trinajstić information content (AvgIpc) is 2.70. The van der Waals surface area contributed by atoms with Crippen molar-refractivity contribution < 1.29 is 23.1 Å². The molecule has 112 valence electrons. The highest BCUT2D eigenvalue weighted by molar-refractivity contribution is 9.10. The number of amides is 2. The van der Waals surface area contributed by atoms with Crippen LogP contribution in [-0.4, -0.2) is 18.4 Å². The lowest BCUT2D eigenvalue weighted by molar-refractivity contribution is -0.0498. The van der Waals surface area contributed by atoms with Crippen molar-refractivity contribution in [3.63, 3.8) is 0 Å². The molecule has 0 aliphatic carbocycles. The summed E-state index contributed by atoms with van der Waals surface area (Å²) in [6.07, 6.45) is 0. The zero-order valence-corrected chi connectivity index (χ0v) is 12.5. The Morgan fingerprint density at radius 1 is 1.00 bits per heavy atom. The Kier molecular flexibility index (Phi) is 3.66. The van der Waals surface area contributed by atoms with Gasteiger partial charge >= 0.3 is 6.61 Å². The number of alkyl halides is 2. The summed E-state index contributed by atoms with van der Waals surface area (Å²) in [6, 6.07) is 10.4. The maximum atomic E-state index is 12.4. The van der Waals surface area contributed by atoms with E-state index in [-0.39, 0.29) is 22.6 Å². The summed E-state index contributed by atoms with van der Waals surface area (Å²) in [7, 11) is 0. The van der Waals surface area contributed by atoms with Gasteiger partial charge in [-0.25, -0.2) is 4.90 Å². The Morgan fingerprint density at radius 2 is 1.59 bits per heavy atom. The maximum absolute atomic E-state index is 12.4. The highest BCUT2D eigenvalue weighted by atomic mass is 79.9. The van der Waals surface area contributed by atoms with Gasteiger partial charge in [0.05, 0.1) is 16.8 Å². The molecule has 0 fully saturated rings. The van der Waals surface area contributed by atoms with Crippen molar-refractivity contribution in [2.45, 2.75) is 6.61 Å². The molecule has 0 spiro atoms. The molecule has 2 aromatic rings. The van der Waals surface area contributed by atoms with E-state index >= 15 is 0 Å². The summed E-state index contributed by atoms with van der Waals surface area (Å²) in [5.41, 5.74) is 0.726. The predicted molar refractivity (Wildman–Crippen MR) is 78.4 cm³/mol. The second kappa shape index (κ2) is 5.49. The number of nitrogens with zero attached hydrogens (tertiary/aromatic N) is 1. The highest BCUT2D eigenvalue weighted by Gasteiger charge is 2.36. The Hall–Kier alpha value is -2.28. The van der Waals surface area contributed by atoms with Gasteiger partial charge in [-0.05, 0) is 24.3 Å². The number of anilines is 1. The Morgan fingerprint density at radius 3 is 2.14 bits per heavy atom. The van der Waals surface area contributed by atoms with Crippen LogP contribution >= 0.6 is 15.9 Å². The third-order valence-electron chi connectivity index (χ3n) is 3.13. The normalized spacial score (nSPS) is 13.7. The number of halogens is 3. The largest absolute Gasteiger partial charge is 0.435 e. The molecule has 2 aromatic carbocycles. The molecule has 7 heteroatoms. The van der Waals surface area contributed by atoms with Crippen molar-refractivity contribution in [3.05, 3.63) is 58.1 Å². The minimum atomic E-state index is -3.00. The van der Waals surface area contributed by atoms with E-state index in [0.717, 1.165) is 4.90 Å². The van der Waals surface area contributed by atoms with Crippen LogP contribution in [0.1, 0.15) is 20.7 Å². The number of hydrogen-bond donors (Lipinski definition) is 0. The van der Waals surface area contributed by atoms with Crippen LogP contribution in [0.15, 0.2) is 46.9 Å². The van der Waals surface area contributed by atoms with Crippen LogP contribution < -0.4 is 9.64 Å². The molecule has 0 unspecified atom stereocenters. The highest BCUT2D eigenvalue weighted by Crippen LogP contribution is 2.33. The predicted octanol–water partition coefficient (Wildman–Crippen LogP) is 3.85. The number of benzene rings is 2. The van der Waals surface area contributed by atoms with Crippen LogP contribution in [-0.2, 0) is 0 Å². The zero-order valence-electron chi connectivity index (χ0n) is 10.9. The Labute approximate surface area is 132 Å². The summed E-state index contributed by atoms with van der Waals surface area (Å²) in [5.74, 6) is -1.14. The van der Waals surface area contributed by atoms with Crippen molar-refractivity contribution in [2.75, 3.05) is 4.90 Å². The van der Waals surface area contributed by atoms with Crippen LogP contribution in [0.5, 0.6) is 5.75 Å². The third kappa shape index (κ3) is 2.48. The molecule has 2 amide bonds. The Bertz CT molecular complexity index is 744. The lowest BCUT2D eigenvalue weighted by atomic mass is 10.1. The van der Waals surface area contributed by atoms with E-state index in [1.54, 1.807) is 24.3 Å². The van der Waals surface area contributed by atoms with E-state index < -0.39 is 18.4 Å². The lowest BCUT2D eigenvalue weighted by Crippen LogP contribution is -2.29. The van der Waals surface area contributed by atoms with E-state index in [1.807, 2.05) is 0 Å². The first-order chi connectivity index (χ1) is 10.5. The fourth-order valence-corrected chi connectivity index (χ4v) is 2.73. The zero-order chi connectivity index (χ0) is 15.9. The van der Waals surface area contributed by atoms with E-state index in [0.29, 0.717) is 4.47 Å². The first kappa shape index (κ1) is 14.6. The van der Waals surface area contributed by atoms with Gasteiger partial charge in [0.1, 0.15) is 5.75 Å². The van der Waals surface area contributed by atoms with Crippen molar-refractivity contribution in [1.82, 2.24) is 0 Å². The smallest absolute Gasteiger partial charge is 0.387 e. The molecule has 0 atom stereocenters. The summed E-state index contributed by atoms with van der Waals surface area (Å²) >= 11 is 3.15. The molecular formula is C15H8BrF2NO3. The first-order valence-electron chi connectivity index (χ1n) is 6.20. The van der Waals surface area contributed by atoms with Crippen molar-refractivity contribution in [2.24, 2.45) is 0 Å². The molecule has 0 bridgehead atoms. The van der Waals surface area contributed by atoms with E-state index in [1.165, 1.54) is 18.2 Å². The van der Waals surface area contributed by atoms with Crippen molar-refractivity contribution >= 4 is 33.4 Å². The van der Waals surface area contributed by atoms with Crippen LogP contribution in [0, 0.1) is 0 Å². The van der Waals surface area contributed by atoms with Crippen LogP contribution in [0.2, 0.25) is 0 Å². The van der Waals surface area contributed by atoms with Gasteiger partial charge in [0, 0.05) is 10.5 Å². The second-order valence-corrected chi connectivity index (χ2v) is 5.43. The van der Waals surface area contributed by atoms with Crippen molar-refractivity contribution in [1.29, 1.82) is 0 Å². The molecule has 3 rings (SSSR count). The minimum Gasteiger partial charge on any atom is -0.435 e. The van der Waals surface area contributed by atoms with Gasteiger partial charge in [0.15, 0.2) is 0 Å². The summed E-state index contributed by atoms with van der Waals surface area (Å²) in [4.78, 5) is 25.6. The molecule has 0 N–H and O–H groups in total. The number of hydrogen-bond acceptors (Lipinski definition) is 3. The van der Waals surface area contributed by atoms with Crippen LogP contribution in [0.4, 0.5) is 14.5 Å². The summed E-state index contributed by atoms with van der Waals surface area (Å²) < 4.78 is 29.4. The SMILES string of the molecule is O=C1c2ccccc2C(=O)N1c1cc(Br)cc(OC(F)F)c1. The van der Waals surface area contributed by atoms with E-state index in [9.17, 15) is 18.4 Å². The maximum Gasteiger partial charge on any atom is 0.387 e. The number of ether oxygens (including phenoxy) is 1. The van der Waals surface area contributed by atoms with Crippen LogP contribution in [0.25, 0.3) is 0 Å². The molecule has 22 heavy (non-hydrogen) atoms. The standard InChI is InChI=1S/C15H8BrF2NO3/c16-8-5-9(7-10(6-8)22-15(17)18)19-13(20)11-3-1-2-4-12(11)14(19)21/h1-7,15H. The number of imide groups is 1. The first-order valence-corrected chi connectivity index (χ1v) is 7.00. The second-order valence-electron chi connectivity index (χ2n) is 4.51. The third-order valence-corrected chi connectivity index (χ3v) is 3.59. The van der Waals surface area contributed by atoms with E-state index in [2.05, 4.69) is 20.7 Å². The molecular weight excluding hydrogens is 360 g/mol. The summed E-state index contributed by atoms with van der Waals surface area (Å²) in [6.45, 7) is -3.00. The van der Waals surface area contributed by atoms with Gasteiger partial charge < -0.3 is 4.74 Å². The van der Waals surface area contributed by atoms with Gasteiger partial charge in [-0.2, -0.15) is 8.78 Å². The molecule has 0 saturated heterocycles. The molecule has 1 aliphatic rings. The molecule has 0 saturated carbocycles. The molecule has 1 aliphatic heterocycles. The molecule has 0 aromatic heterocycles. The van der Waals surface area contributed by atoms with Gasteiger partial charge in [-0.1, -0.05) is 28.1 Å². The number of rotatable bonds is 3. The minimum absolute atomic E-state index is 0.143. The topological polar surface area (TPSA) is 46.6 Å². The molecule has 4 nitrogen and oxygen atoms in total. The lowest BCUT2D eigenvalue weighted by Gasteiger charge is -2.16. The molecule has 0 radical (unpaired) electrons. The number of carbonyl (C=O) groups excluding carboxylic acids is 2. The van der Waals surface area contributed by atoms with Gasteiger partial charge in [-0.15, -0.1) is 0 Å². The van der Waals surface area contributed by atoms with Crippen LogP contribution in [0.3, 0.4) is 0 Å². The Balaban J connectivity index is 2.04. The quantitative estimate of drug-likeness (QED) is 0.774. The average molecular weight is 368 g/mol. The fraction of sp³-hybridized carbons (Fsp3) is 0.0667. The molecule has 1 heterocycles. The number of fused-ring (bicyclic) bond motifs is 1. The number of carbonyl (C=O) groups is 2.